The third-order valence-electron chi connectivity index (χ3n) is 2.98. The van der Waals surface area contributed by atoms with Crippen molar-refractivity contribution in [1.82, 2.24) is 12.3 Å². The zero-order valence-electron chi connectivity index (χ0n) is 13.9. The SMILES string of the molecule is CCCCCCCCCCCCCOS(=O)(=O)[O-].[Cl-].[NH4+].[NH4+]. The smallest absolute Gasteiger partial charge is 0.217 e. The number of quaternary nitrogens is 2. The van der Waals surface area contributed by atoms with E-state index in [2.05, 4.69) is 11.1 Å². The third kappa shape index (κ3) is 28.9. The van der Waals surface area contributed by atoms with Crippen molar-refractivity contribution in [2.75, 3.05) is 6.61 Å². The van der Waals surface area contributed by atoms with E-state index in [9.17, 15) is 13.0 Å². The first-order valence-electron chi connectivity index (χ1n) is 7.16. The van der Waals surface area contributed by atoms with Gasteiger partial charge in [-0.15, -0.1) is 0 Å². The molecule has 6 nitrogen and oxygen atoms in total. The van der Waals surface area contributed by atoms with Crippen molar-refractivity contribution in [2.45, 2.75) is 77.6 Å². The highest BCUT2D eigenvalue weighted by Gasteiger charge is 1.95. The molecule has 0 rings (SSSR count). The fourth-order valence-electron chi connectivity index (χ4n) is 1.93. The van der Waals surface area contributed by atoms with Crippen molar-refractivity contribution < 1.29 is 29.6 Å². The van der Waals surface area contributed by atoms with Gasteiger partial charge in [0, 0.05) is 0 Å². The lowest BCUT2D eigenvalue weighted by molar-refractivity contribution is -0.0000116. The highest BCUT2D eigenvalue weighted by atomic mass is 35.5. The monoisotopic (exact) mass is 350 g/mol. The average molecular weight is 351 g/mol. The van der Waals surface area contributed by atoms with E-state index in [-0.39, 0.29) is 31.3 Å². The summed E-state index contributed by atoms with van der Waals surface area (Å²) in [5.41, 5.74) is 0. The summed E-state index contributed by atoms with van der Waals surface area (Å²) in [5.74, 6) is 0. The summed E-state index contributed by atoms with van der Waals surface area (Å²) in [7, 11) is -4.49. The molecule has 0 atom stereocenters. The van der Waals surface area contributed by atoms with Crippen LogP contribution in [0.2, 0.25) is 0 Å². The van der Waals surface area contributed by atoms with Crippen molar-refractivity contribution in [3.8, 4) is 0 Å². The molecule has 21 heavy (non-hydrogen) atoms. The Morgan fingerprint density at radius 2 is 1.10 bits per heavy atom. The summed E-state index contributed by atoms with van der Waals surface area (Å²) >= 11 is 0. The fraction of sp³-hybridized carbons (Fsp3) is 1.00. The molecule has 0 spiro atoms. The predicted octanol–water partition coefficient (Wildman–Crippen LogP) is 1.53. The minimum atomic E-state index is -4.49. The number of rotatable bonds is 13. The molecule has 0 aromatic heterocycles. The number of hydrogen-bond donors (Lipinski definition) is 2. The molecule has 134 valence electrons. The molecule has 0 amide bonds. The zero-order chi connectivity index (χ0) is 13.7. The summed E-state index contributed by atoms with van der Waals surface area (Å²) in [6, 6.07) is 0. The van der Waals surface area contributed by atoms with Gasteiger partial charge in [0.2, 0.25) is 10.4 Å². The van der Waals surface area contributed by atoms with Crippen molar-refractivity contribution in [3.63, 3.8) is 0 Å². The fourth-order valence-corrected chi connectivity index (χ4v) is 2.25. The van der Waals surface area contributed by atoms with Gasteiger partial charge in [0.1, 0.15) is 0 Å². The van der Waals surface area contributed by atoms with E-state index in [4.69, 9.17) is 0 Å². The van der Waals surface area contributed by atoms with Crippen LogP contribution in [0.15, 0.2) is 0 Å². The summed E-state index contributed by atoms with van der Waals surface area (Å²) in [6.45, 7) is 2.25. The lowest BCUT2D eigenvalue weighted by Crippen LogP contribution is -3.00. The standard InChI is InChI=1S/C13H28O4S.ClH.2H3N/c1-2-3-4-5-6-7-8-9-10-11-12-13-17-18(14,15)16;;;/h2-13H2,1H3,(H,14,15,16);1H;2*1H3. The minimum absolute atomic E-state index is 0. The normalized spacial score (nSPS) is 10.2. The molecule has 8 heteroatoms. The molecule has 0 saturated carbocycles. The van der Waals surface area contributed by atoms with Gasteiger partial charge in [0.05, 0.1) is 6.61 Å². The summed E-state index contributed by atoms with van der Waals surface area (Å²) in [5, 5.41) is 0. The Morgan fingerprint density at radius 1 is 0.762 bits per heavy atom. The van der Waals surface area contributed by atoms with Crippen LogP contribution in [0.25, 0.3) is 0 Å². The molecule has 0 unspecified atom stereocenters. The first kappa shape index (κ1) is 29.1. The van der Waals surface area contributed by atoms with Crippen LogP contribution in [-0.2, 0) is 14.6 Å². The second kappa shape index (κ2) is 20.1. The summed E-state index contributed by atoms with van der Waals surface area (Å²) in [4.78, 5) is 0. The van der Waals surface area contributed by atoms with E-state index in [1.54, 1.807) is 0 Å². The largest absolute Gasteiger partial charge is 1.00 e. The van der Waals surface area contributed by atoms with Gasteiger partial charge >= 0.3 is 0 Å². The summed E-state index contributed by atoms with van der Waals surface area (Å²) in [6.07, 6.45) is 13.1. The van der Waals surface area contributed by atoms with Gasteiger partial charge < -0.3 is 29.3 Å². The highest BCUT2D eigenvalue weighted by Crippen LogP contribution is 2.11. The first-order chi connectivity index (χ1) is 8.56. The Bertz CT molecular complexity index is 277. The minimum Gasteiger partial charge on any atom is -1.00 e. The Balaban J connectivity index is -0.000000482. The molecule has 0 saturated heterocycles. The lowest BCUT2D eigenvalue weighted by Gasteiger charge is -2.07. The second-order valence-electron chi connectivity index (χ2n) is 4.77. The van der Waals surface area contributed by atoms with Crippen LogP contribution in [-0.4, -0.2) is 19.6 Å². The molecular weight excluding hydrogens is 316 g/mol. The van der Waals surface area contributed by atoms with Crippen LogP contribution < -0.4 is 24.7 Å². The Labute approximate surface area is 136 Å². The molecule has 0 aromatic rings. The van der Waals surface area contributed by atoms with Gasteiger partial charge in [0.25, 0.3) is 0 Å². The molecule has 0 radical (unpaired) electrons. The van der Waals surface area contributed by atoms with Gasteiger partial charge in [-0.1, -0.05) is 71.1 Å². The van der Waals surface area contributed by atoms with Crippen molar-refractivity contribution in [3.05, 3.63) is 0 Å². The zero-order valence-corrected chi connectivity index (χ0v) is 15.5. The lowest BCUT2D eigenvalue weighted by atomic mass is 10.1. The molecule has 0 aliphatic rings. The second-order valence-corrected chi connectivity index (χ2v) is 5.82. The van der Waals surface area contributed by atoms with E-state index < -0.39 is 10.4 Å². The topological polar surface area (TPSA) is 139 Å². The van der Waals surface area contributed by atoms with Gasteiger partial charge in [-0.3, -0.25) is 4.18 Å². The van der Waals surface area contributed by atoms with Crippen LogP contribution in [0.3, 0.4) is 0 Å². The summed E-state index contributed by atoms with van der Waals surface area (Å²) < 4.78 is 34.5. The van der Waals surface area contributed by atoms with Crippen LogP contribution in [0.1, 0.15) is 77.6 Å². The third-order valence-corrected chi connectivity index (χ3v) is 3.43. The first-order valence-corrected chi connectivity index (χ1v) is 8.50. The Kier molecular flexibility index (Phi) is 27.9. The van der Waals surface area contributed by atoms with Crippen LogP contribution >= 0.6 is 0 Å². The maximum absolute atomic E-state index is 10.1. The van der Waals surface area contributed by atoms with E-state index >= 15 is 0 Å². The average Bonchev–Trinajstić information content (AvgIpc) is 2.29. The molecular formula is C13H35ClN2O4S. The Morgan fingerprint density at radius 3 is 1.43 bits per heavy atom. The highest BCUT2D eigenvalue weighted by molar-refractivity contribution is 7.80. The van der Waals surface area contributed by atoms with E-state index in [0.29, 0.717) is 6.42 Å². The molecule has 8 N–H and O–H groups in total. The number of halogens is 1. The van der Waals surface area contributed by atoms with Crippen molar-refractivity contribution >= 4 is 10.4 Å². The van der Waals surface area contributed by atoms with Gasteiger partial charge in [0.15, 0.2) is 0 Å². The van der Waals surface area contributed by atoms with E-state index in [0.717, 1.165) is 12.8 Å². The molecule has 0 aliphatic heterocycles. The maximum atomic E-state index is 10.1. The van der Waals surface area contributed by atoms with E-state index in [1.807, 2.05) is 0 Å². The van der Waals surface area contributed by atoms with Crippen LogP contribution in [0, 0.1) is 0 Å². The quantitative estimate of drug-likeness (QED) is 0.295. The van der Waals surface area contributed by atoms with Crippen LogP contribution in [0.4, 0.5) is 0 Å². The number of unbranched alkanes of at least 4 members (excludes halogenated alkanes) is 10. The molecule has 0 fully saturated rings. The van der Waals surface area contributed by atoms with Crippen molar-refractivity contribution in [1.29, 1.82) is 0 Å². The predicted molar refractivity (Wildman–Crippen MR) is 84.1 cm³/mol. The van der Waals surface area contributed by atoms with Crippen LogP contribution in [0.5, 0.6) is 0 Å². The molecule has 0 aromatic carbocycles. The van der Waals surface area contributed by atoms with Gasteiger partial charge in [-0.25, -0.2) is 8.42 Å². The maximum Gasteiger partial charge on any atom is 0.217 e. The molecule has 0 heterocycles. The molecule has 0 aliphatic carbocycles. The van der Waals surface area contributed by atoms with E-state index in [1.165, 1.54) is 51.4 Å². The van der Waals surface area contributed by atoms with Gasteiger partial charge in [-0.2, -0.15) is 0 Å². The van der Waals surface area contributed by atoms with Crippen molar-refractivity contribution in [2.24, 2.45) is 0 Å². The Hall–Kier alpha value is 0.0800. The molecule has 0 bridgehead atoms. The number of hydrogen-bond acceptors (Lipinski definition) is 4. The van der Waals surface area contributed by atoms with Gasteiger partial charge in [-0.05, 0) is 6.42 Å².